The maximum atomic E-state index is 13.3. The number of fused-ring (bicyclic) bond motifs is 1. The summed E-state index contributed by atoms with van der Waals surface area (Å²) in [6.07, 6.45) is 0. The third kappa shape index (κ3) is 2.15. The molecule has 0 aliphatic rings. The van der Waals surface area contributed by atoms with Crippen molar-refractivity contribution in [1.82, 2.24) is 9.97 Å². The number of aromatic nitrogens is 2. The van der Waals surface area contributed by atoms with Gasteiger partial charge in [-0.15, -0.1) is 0 Å². The predicted octanol–water partition coefficient (Wildman–Crippen LogP) is 3.42. The molecule has 1 aromatic heterocycles. The van der Waals surface area contributed by atoms with Crippen molar-refractivity contribution < 1.29 is 17.3 Å². The van der Waals surface area contributed by atoms with Crippen molar-refractivity contribution in [2.75, 3.05) is 0 Å². The molecule has 0 saturated heterocycles. The van der Waals surface area contributed by atoms with E-state index in [4.69, 9.17) is 0 Å². The van der Waals surface area contributed by atoms with Crippen LogP contribution in [-0.4, -0.2) is 16.9 Å². The van der Waals surface area contributed by atoms with Crippen LogP contribution in [0.25, 0.3) is 22.4 Å². The normalized spacial score (nSPS) is 12.0. The van der Waals surface area contributed by atoms with Crippen molar-refractivity contribution in [3.05, 3.63) is 48.3 Å². The van der Waals surface area contributed by atoms with E-state index in [1.807, 2.05) is 0 Å². The van der Waals surface area contributed by atoms with Crippen molar-refractivity contribution in [3.63, 3.8) is 0 Å². The summed E-state index contributed by atoms with van der Waals surface area (Å²) in [4.78, 5) is 6.87. The fourth-order valence-corrected chi connectivity index (χ4v) is 2.10. The smallest absolute Gasteiger partial charge is 0.445 e. The molecule has 2 aromatic carbocycles. The molecule has 2 nitrogen and oxygen atoms in total. The van der Waals surface area contributed by atoms with Gasteiger partial charge in [0, 0.05) is 0 Å². The summed E-state index contributed by atoms with van der Waals surface area (Å²) in [6.45, 7) is -5.24. The molecule has 3 rings (SSSR count). The molecule has 102 valence electrons. The van der Waals surface area contributed by atoms with Gasteiger partial charge in [0.2, 0.25) is 0 Å². The van der Waals surface area contributed by atoms with Crippen LogP contribution < -0.4 is 5.46 Å². The molecule has 0 aliphatic heterocycles. The Balaban J connectivity index is 2.25. The largest absolute Gasteiger partial charge is 0.510 e. The number of hydrogen-bond donors (Lipinski definition) is 1. The monoisotopic (exact) mass is 279 g/mol. The molecule has 1 heterocycles. The Bertz CT molecular complexity index is 746. The lowest BCUT2D eigenvalue weighted by Gasteiger charge is -2.18. The Morgan fingerprint density at radius 2 is 1.75 bits per heavy atom. The van der Waals surface area contributed by atoms with Crippen molar-refractivity contribution in [3.8, 4) is 11.4 Å². The van der Waals surface area contributed by atoms with Gasteiger partial charge in [0.15, 0.2) is 0 Å². The molecular formula is C13H8BF4N2-. The van der Waals surface area contributed by atoms with Crippen LogP contribution in [-0.2, 0) is 0 Å². The zero-order valence-corrected chi connectivity index (χ0v) is 10.1. The topological polar surface area (TPSA) is 28.7 Å². The number of aromatic amines is 1. The fourth-order valence-electron chi connectivity index (χ4n) is 2.10. The van der Waals surface area contributed by atoms with Crippen molar-refractivity contribution in [1.29, 1.82) is 0 Å². The summed E-state index contributed by atoms with van der Waals surface area (Å²) < 4.78 is 52.3. The standard InChI is InChI=1S/C13H8BF4N2/c15-8-5-6-10(14(16,17)18)9(7-8)13-19-11-3-1-2-4-12(11)20-13/h1-7H,(H,19,20)/q-1. The second-order valence-corrected chi connectivity index (χ2v) is 4.41. The summed E-state index contributed by atoms with van der Waals surface area (Å²) in [5.41, 5.74) is 0.0129. The number of hydrogen-bond acceptors (Lipinski definition) is 1. The molecule has 0 spiro atoms. The molecule has 0 aliphatic carbocycles. The first-order valence-corrected chi connectivity index (χ1v) is 5.89. The van der Waals surface area contributed by atoms with Crippen LogP contribution in [0.15, 0.2) is 42.5 Å². The van der Waals surface area contributed by atoms with E-state index in [-0.39, 0.29) is 11.4 Å². The number of H-pyrrole nitrogens is 1. The van der Waals surface area contributed by atoms with Gasteiger partial charge in [-0.3, -0.25) is 0 Å². The van der Waals surface area contributed by atoms with Crippen LogP contribution in [0.1, 0.15) is 0 Å². The van der Waals surface area contributed by atoms with Crippen LogP contribution in [0.5, 0.6) is 0 Å². The first-order valence-electron chi connectivity index (χ1n) is 5.89. The van der Waals surface area contributed by atoms with E-state index in [9.17, 15) is 17.3 Å². The van der Waals surface area contributed by atoms with Gasteiger partial charge in [0.25, 0.3) is 0 Å². The third-order valence-electron chi connectivity index (χ3n) is 3.01. The summed E-state index contributed by atoms with van der Waals surface area (Å²) >= 11 is 0. The Morgan fingerprint density at radius 3 is 2.45 bits per heavy atom. The van der Waals surface area contributed by atoms with Crippen LogP contribution in [0.4, 0.5) is 17.3 Å². The molecule has 0 radical (unpaired) electrons. The zero-order valence-electron chi connectivity index (χ0n) is 10.1. The highest BCUT2D eigenvalue weighted by atomic mass is 19.4. The predicted molar refractivity (Wildman–Crippen MR) is 70.2 cm³/mol. The molecular weight excluding hydrogens is 271 g/mol. The summed E-state index contributed by atoms with van der Waals surface area (Å²) in [6, 6.07) is 9.24. The van der Waals surface area contributed by atoms with E-state index in [0.717, 1.165) is 18.2 Å². The molecule has 3 aromatic rings. The Morgan fingerprint density at radius 1 is 1.00 bits per heavy atom. The molecule has 0 saturated carbocycles. The highest BCUT2D eigenvalue weighted by Crippen LogP contribution is 2.23. The number of nitrogens with zero attached hydrogens (tertiary/aromatic N) is 1. The quantitative estimate of drug-likeness (QED) is 0.565. The van der Waals surface area contributed by atoms with Gasteiger partial charge >= 0.3 is 6.98 Å². The highest BCUT2D eigenvalue weighted by molar-refractivity contribution is 6.74. The number of benzene rings is 2. The number of rotatable bonds is 2. The highest BCUT2D eigenvalue weighted by Gasteiger charge is 2.29. The second-order valence-electron chi connectivity index (χ2n) is 4.41. The van der Waals surface area contributed by atoms with Crippen LogP contribution in [0, 0.1) is 5.82 Å². The number of nitrogens with one attached hydrogen (secondary N) is 1. The van der Waals surface area contributed by atoms with Crippen LogP contribution >= 0.6 is 0 Å². The molecule has 1 N–H and O–H groups in total. The lowest BCUT2D eigenvalue weighted by Crippen LogP contribution is -2.35. The molecule has 20 heavy (non-hydrogen) atoms. The van der Waals surface area contributed by atoms with Crippen LogP contribution in [0.3, 0.4) is 0 Å². The molecule has 0 amide bonds. The summed E-state index contributed by atoms with van der Waals surface area (Å²) in [5, 5.41) is 0. The van der Waals surface area contributed by atoms with E-state index in [1.165, 1.54) is 0 Å². The second kappa shape index (κ2) is 4.36. The maximum Gasteiger partial charge on any atom is 0.510 e. The van der Waals surface area contributed by atoms with Crippen LogP contribution in [0.2, 0.25) is 0 Å². The Labute approximate surface area is 111 Å². The zero-order chi connectivity index (χ0) is 14.3. The minimum absolute atomic E-state index is 0.0138. The van der Waals surface area contributed by atoms with Gasteiger partial charge < -0.3 is 17.9 Å². The average Bonchev–Trinajstić information content (AvgIpc) is 2.80. The average molecular weight is 279 g/mol. The molecule has 7 heteroatoms. The summed E-state index contributed by atoms with van der Waals surface area (Å²) in [7, 11) is 0. The number of halogens is 4. The first kappa shape index (κ1) is 12.7. The van der Waals surface area contributed by atoms with Crippen molar-refractivity contribution in [2.24, 2.45) is 0 Å². The minimum atomic E-state index is -5.24. The molecule has 0 atom stereocenters. The lowest BCUT2D eigenvalue weighted by atomic mass is 9.76. The van der Waals surface area contributed by atoms with Gasteiger partial charge in [0.05, 0.1) is 11.0 Å². The first-order chi connectivity index (χ1) is 9.45. The number of para-hydroxylation sites is 2. The van der Waals surface area contributed by atoms with Crippen molar-refractivity contribution >= 4 is 23.5 Å². The number of imidazole rings is 1. The third-order valence-corrected chi connectivity index (χ3v) is 3.01. The van der Waals surface area contributed by atoms with E-state index in [1.54, 1.807) is 24.3 Å². The van der Waals surface area contributed by atoms with Crippen molar-refractivity contribution in [2.45, 2.75) is 0 Å². The summed E-state index contributed by atoms with van der Waals surface area (Å²) in [5.74, 6) is -0.718. The molecule has 0 fully saturated rings. The maximum absolute atomic E-state index is 13.3. The molecule has 0 bridgehead atoms. The van der Waals surface area contributed by atoms with Gasteiger partial charge in [-0.2, -0.15) is 0 Å². The lowest BCUT2D eigenvalue weighted by molar-refractivity contribution is 0.501. The van der Waals surface area contributed by atoms with Gasteiger partial charge in [0.1, 0.15) is 11.6 Å². The van der Waals surface area contributed by atoms with E-state index in [2.05, 4.69) is 9.97 Å². The van der Waals surface area contributed by atoms with Gasteiger partial charge in [-0.1, -0.05) is 23.7 Å². The SMILES string of the molecule is Fc1ccc([B-](F)(F)F)c(-c2nc3ccccc3[nH]2)c1. The van der Waals surface area contributed by atoms with Gasteiger partial charge in [-0.05, 0) is 29.8 Å². The Hall–Kier alpha value is -2.31. The Kier molecular flexibility index (Phi) is 2.77. The van der Waals surface area contributed by atoms with E-state index in [0.29, 0.717) is 11.0 Å². The van der Waals surface area contributed by atoms with E-state index < -0.39 is 18.3 Å². The van der Waals surface area contributed by atoms with Gasteiger partial charge in [-0.25, -0.2) is 9.37 Å². The van der Waals surface area contributed by atoms with E-state index >= 15 is 0 Å². The minimum Gasteiger partial charge on any atom is -0.445 e. The fraction of sp³-hybridized carbons (Fsp3) is 0. The molecule has 0 unspecified atom stereocenters.